The summed E-state index contributed by atoms with van der Waals surface area (Å²) in [4.78, 5) is 16.2. The third kappa shape index (κ3) is 6.59. The van der Waals surface area contributed by atoms with Gasteiger partial charge in [0.2, 0.25) is 10.0 Å². The number of hydrogen-bond acceptors (Lipinski definition) is 6. The summed E-state index contributed by atoms with van der Waals surface area (Å²) in [7, 11) is -2.30. The van der Waals surface area contributed by atoms with Crippen LogP contribution in [0.1, 0.15) is 32.9 Å². The van der Waals surface area contributed by atoms with E-state index in [0.29, 0.717) is 16.4 Å². The second kappa shape index (κ2) is 10.3. The lowest BCUT2D eigenvalue weighted by Crippen LogP contribution is -2.28. The minimum Gasteiger partial charge on any atom is -0.464 e. The summed E-state index contributed by atoms with van der Waals surface area (Å²) in [6.45, 7) is -0.491. The van der Waals surface area contributed by atoms with Crippen LogP contribution in [0.15, 0.2) is 42.6 Å². The maximum absolute atomic E-state index is 13.1. The lowest BCUT2D eigenvalue weighted by Gasteiger charge is -2.18. The normalized spacial score (nSPS) is 12.7. The largest absolute Gasteiger partial charge is 0.464 e. The highest BCUT2D eigenvalue weighted by Gasteiger charge is 2.37. The number of nitrogens with zero attached hydrogens (tertiary/aromatic N) is 4. The molecule has 2 heterocycles. The highest BCUT2D eigenvalue weighted by molar-refractivity contribution is 7.88. The Hall–Kier alpha value is -3.17. The van der Waals surface area contributed by atoms with Crippen LogP contribution in [0.2, 0.25) is 5.02 Å². The number of rotatable bonds is 7. The van der Waals surface area contributed by atoms with E-state index in [2.05, 4.69) is 10.1 Å². The molecule has 37 heavy (non-hydrogen) atoms. The van der Waals surface area contributed by atoms with Crippen LogP contribution < -0.4 is 0 Å². The van der Waals surface area contributed by atoms with E-state index in [-0.39, 0.29) is 28.3 Å². The second-order valence-electron chi connectivity index (χ2n) is 7.66. The number of hydrogen-bond donors (Lipinski definition) is 0. The van der Waals surface area contributed by atoms with Crippen LogP contribution in [0, 0.1) is 0 Å². The van der Waals surface area contributed by atoms with Crippen molar-refractivity contribution in [2.75, 3.05) is 14.2 Å². The van der Waals surface area contributed by atoms with Crippen molar-refractivity contribution in [3.63, 3.8) is 0 Å². The number of methoxy groups -OCH3 is 1. The predicted molar refractivity (Wildman–Crippen MR) is 118 cm³/mol. The van der Waals surface area contributed by atoms with Crippen LogP contribution in [0.3, 0.4) is 0 Å². The molecule has 2 aromatic heterocycles. The van der Waals surface area contributed by atoms with Crippen molar-refractivity contribution in [3.8, 4) is 5.82 Å². The van der Waals surface area contributed by atoms with Gasteiger partial charge in [-0.1, -0.05) is 11.6 Å². The Bertz CT molecular complexity index is 1390. The van der Waals surface area contributed by atoms with Gasteiger partial charge in [-0.3, -0.25) is 0 Å². The van der Waals surface area contributed by atoms with Gasteiger partial charge in [-0.25, -0.2) is 22.9 Å². The first-order valence-corrected chi connectivity index (χ1v) is 12.0. The molecule has 0 bridgehead atoms. The molecule has 0 atom stereocenters. The van der Waals surface area contributed by atoms with Gasteiger partial charge in [0.1, 0.15) is 0 Å². The highest BCUT2D eigenvalue weighted by atomic mass is 35.5. The van der Waals surface area contributed by atoms with E-state index in [0.717, 1.165) is 18.8 Å². The summed E-state index contributed by atoms with van der Waals surface area (Å²) in [5.74, 6) is -1.98. The number of benzene rings is 1. The molecule has 0 aliphatic rings. The summed E-state index contributed by atoms with van der Waals surface area (Å²) in [5, 5.41) is 4.23. The van der Waals surface area contributed by atoms with Gasteiger partial charge in [0.25, 0.3) is 0 Å². The number of halogens is 7. The van der Waals surface area contributed by atoms with E-state index in [9.17, 15) is 39.6 Å². The smallest absolute Gasteiger partial charge is 0.416 e. The van der Waals surface area contributed by atoms with Crippen molar-refractivity contribution in [2.45, 2.75) is 24.7 Å². The molecule has 200 valence electrons. The summed E-state index contributed by atoms with van der Waals surface area (Å²) >= 11 is 6.10. The predicted octanol–water partition coefficient (Wildman–Crippen LogP) is 4.71. The van der Waals surface area contributed by atoms with E-state index in [1.165, 1.54) is 24.4 Å². The molecule has 3 aromatic rings. The van der Waals surface area contributed by atoms with E-state index < -0.39 is 57.3 Å². The summed E-state index contributed by atoms with van der Waals surface area (Å²) < 4.78 is 111. The number of ether oxygens (including phenoxy) is 1. The summed E-state index contributed by atoms with van der Waals surface area (Å²) in [5.41, 5.74) is -4.15. The average molecular weight is 571 g/mol. The molecular weight excluding hydrogens is 554 g/mol. The van der Waals surface area contributed by atoms with Crippen molar-refractivity contribution < 1.29 is 44.3 Å². The molecule has 0 unspecified atom stereocenters. The average Bonchev–Trinajstić information content (AvgIpc) is 3.20. The third-order valence-corrected chi connectivity index (χ3v) is 7.02. The molecule has 0 saturated heterocycles. The quantitative estimate of drug-likeness (QED) is 0.302. The van der Waals surface area contributed by atoms with Gasteiger partial charge in [0.05, 0.1) is 41.3 Å². The maximum Gasteiger partial charge on any atom is 0.416 e. The van der Waals surface area contributed by atoms with Crippen molar-refractivity contribution in [2.24, 2.45) is 0 Å². The fraction of sp³-hybridized carbons (Fsp3) is 0.286. The number of esters is 1. The van der Waals surface area contributed by atoms with Gasteiger partial charge in [-0.05, 0) is 42.0 Å². The van der Waals surface area contributed by atoms with Gasteiger partial charge >= 0.3 is 18.3 Å². The maximum atomic E-state index is 13.1. The first kappa shape index (κ1) is 28.4. The highest BCUT2D eigenvalue weighted by Crippen LogP contribution is 2.36. The Labute approximate surface area is 211 Å². The molecule has 3 rings (SSSR count). The first-order chi connectivity index (χ1) is 17.0. The zero-order chi connectivity index (χ0) is 27.8. The van der Waals surface area contributed by atoms with E-state index in [4.69, 9.17) is 16.3 Å². The molecule has 16 heteroatoms. The minimum atomic E-state index is -5.13. The molecular formula is C21H17ClF6N4O4S. The number of carbonyl (C=O) groups is 1. The van der Waals surface area contributed by atoms with Crippen molar-refractivity contribution in [3.05, 3.63) is 75.7 Å². The Morgan fingerprint density at radius 3 is 2.19 bits per heavy atom. The molecule has 0 saturated carbocycles. The molecule has 8 nitrogen and oxygen atoms in total. The fourth-order valence-corrected chi connectivity index (χ4v) is 4.54. The number of aromatic nitrogens is 3. The number of pyridine rings is 1. The first-order valence-electron chi connectivity index (χ1n) is 10.0. The topological polar surface area (TPSA) is 94.4 Å². The number of carbonyl (C=O) groups excluding carboxylic acids is 1. The fourth-order valence-electron chi connectivity index (χ4n) is 3.20. The Kier molecular flexibility index (Phi) is 7.91. The zero-order valence-electron chi connectivity index (χ0n) is 18.9. The summed E-state index contributed by atoms with van der Waals surface area (Å²) in [6.07, 6.45) is -8.89. The lowest BCUT2D eigenvalue weighted by atomic mass is 10.1. The molecule has 0 amide bonds. The molecule has 0 aliphatic carbocycles. The van der Waals surface area contributed by atoms with Crippen LogP contribution in [0.5, 0.6) is 0 Å². The van der Waals surface area contributed by atoms with Gasteiger partial charge in [0.15, 0.2) is 11.5 Å². The van der Waals surface area contributed by atoms with Gasteiger partial charge < -0.3 is 4.74 Å². The van der Waals surface area contributed by atoms with Crippen LogP contribution in [0.25, 0.3) is 5.82 Å². The third-order valence-electron chi connectivity index (χ3n) is 4.95. The molecule has 0 fully saturated rings. The Morgan fingerprint density at radius 1 is 1.08 bits per heavy atom. The minimum absolute atomic E-state index is 0.00628. The number of alkyl halides is 6. The zero-order valence-corrected chi connectivity index (χ0v) is 20.5. The van der Waals surface area contributed by atoms with Crippen molar-refractivity contribution in [1.29, 1.82) is 0 Å². The van der Waals surface area contributed by atoms with Crippen LogP contribution >= 0.6 is 11.6 Å². The Balaban J connectivity index is 1.93. The summed E-state index contributed by atoms with van der Waals surface area (Å²) in [6, 6.07) is 4.76. The van der Waals surface area contributed by atoms with Crippen molar-refractivity contribution in [1.82, 2.24) is 19.1 Å². The lowest BCUT2D eigenvalue weighted by molar-refractivity contribution is -0.143. The number of sulfonamides is 1. The van der Waals surface area contributed by atoms with Gasteiger partial charge in [-0.15, -0.1) is 0 Å². The Morgan fingerprint density at radius 2 is 1.68 bits per heavy atom. The molecule has 0 radical (unpaired) electrons. The van der Waals surface area contributed by atoms with Crippen LogP contribution in [-0.2, 0) is 39.4 Å². The SMILES string of the molecule is COC(=O)c1cc(CN(C)S(=O)(=O)Cc2cc(C(F)(F)F)cc(C(F)(F)F)c2)nn1-c1ncccc1Cl. The van der Waals surface area contributed by atoms with E-state index in [1.807, 2.05) is 0 Å². The van der Waals surface area contributed by atoms with Crippen LogP contribution in [-0.4, -0.2) is 47.6 Å². The standard InChI is InChI=1S/C21H17ClF6N4O4S/c1-31(10-15-9-17(19(33)36-2)32(30-15)18-16(22)4-3-5-29-18)37(34,35)11-12-6-13(20(23,24)25)8-14(7-12)21(26,27)28/h3-9H,10-11H2,1-2H3. The molecule has 0 aliphatic heterocycles. The van der Waals surface area contributed by atoms with Gasteiger partial charge in [0, 0.05) is 13.2 Å². The van der Waals surface area contributed by atoms with Crippen LogP contribution in [0.4, 0.5) is 26.3 Å². The second-order valence-corrected chi connectivity index (χ2v) is 10.1. The van der Waals surface area contributed by atoms with E-state index >= 15 is 0 Å². The molecule has 0 spiro atoms. The monoisotopic (exact) mass is 570 g/mol. The van der Waals surface area contributed by atoms with Crippen molar-refractivity contribution >= 4 is 27.6 Å². The van der Waals surface area contributed by atoms with Gasteiger partial charge in [-0.2, -0.15) is 35.7 Å². The molecule has 0 N–H and O–H groups in total. The molecule has 1 aromatic carbocycles. The van der Waals surface area contributed by atoms with E-state index in [1.54, 1.807) is 0 Å².